The number of alkyl halides is 3. The molecule has 0 bridgehead atoms. The quantitative estimate of drug-likeness (QED) is 0.393. The minimum atomic E-state index is -5.10. The van der Waals surface area contributed by atoms with E-state index in [1.54, 1.807) is 0 Å². The highest BCUT2D eigenvalue weighted by atomic mass is 19.4. The number of nitrogens with one attached hydrogen (secondary N) is 1. The van der Waals surface area contributed by atoms with Crippen LogP contribution in [0.15, 0.2) is 12.1 Å². The number of nitriles is 1. The van der Waals surface area contributed by atoms with Crippen LogP contribution in [0, 0.1) is 27.3 Å². The summed E-state index contributed by atoms with van der Waals surface area (Å²) in [4.78, 5) is 9.48. The molecule has 9 heteroatoms. The Bertz CT molecular complexity index is 522. The molecule has 0 aliphatic carbocycles. The molecule has 0 amide bonds. The first-order chi connectivity index (χ1) is 8.29. The van der Waals surface area contributed by atoms with Crippen molar-refractivity contribution in [3.63, 3.8) is 0 Å². The molecule has 0 spiro atoms. The SMILES string of the molecule is N#CCNc1c([N+](=O)[O-])ccc(F)c1C(F)(F)F. The lowest BCUT2D eigenvalue weighted by Crippen LogP contribution is -2.15. The summed E-state index contributed by atoms with van der Waals surface area (Å²) in [5.41, 5.74) is -3.78. The number of hydrogen-bond donors (Lipinski definition) is 1. The lowest BCUT2D eigenvalue weighted by molar-refractivity contribution is -0.384. The van der Waals surface area contributed by atoms with E-state index >= 15 is 0 Å². The van der Waals surface area contributed by atoms with Gasteiger partial charge in [0.2, 0.25) is 0 Å². The monoisotopic (exact) mass is 263 g/mol. The predicted octanol–water partition coefficient (Wildman–Crippen LogP) is 2.69. The molecule has 1 rings (SSSR count). The van der Waals surface area contributed by atoms with Gasteiger partial charge < -0.3 is 5.32 Å². The van der Waals surface area contributed by atoms with Crippen LogP contribution in [-0.2, 0) is 6.18 Å². The van der Waals surface area contributed by atoms with Crippen LogP contribution in [0.5, 0.6) is 0 Å². The Morgan fingerprint density at radius 1 is 1.44 bits per heavy atom. The van der Waals surface area contributed by atoms with Crippen molar-refractivity contribution in [3.8, 4) is 6.07 Å². The van der Waals surface area contributed by atoms with Crippen LogP contribution in [0.3, 0.4) is 0 Å². The number of hydrogen-bond acceptors (Lipinski definition) is 4. The molecule has 0 unspecified atom stereocenters. The molecule has 1 N–H and O–H groups in total. The second-order valence-electron chi connectivity index (χ2n) is 3.08. The molecule has 96 valence electrons. The molecule has 0 atom stereocenters. The van der Waals surface area contributed by atoms with Crippen molar-refractivity contribution in [2.75, 3.05) is 11.9 Å². The fraction of sp³-hybridized carbons (Fsp3) is 0.222. The van der Waals surface area contributed by atoms with Crippen LogP contribution < -0.4 is 5.32 Å². The second kappa shape index (κ2) is 4.87. The van der Waals surface area contributed by atoms with Gasteiger partial charge in [0.15, 0.2) is 0 Å². The van der Waals surface area contributed by atoms with E-state index in [1.807, 2.05) is 5.32 Å². The highest BCUT2D eigenvalue weighted by Crippen LogP contribution is 2.41. The fourth-order valence-electron chi connectivity index (χ4n) is 1.30. The first kappa shape index (κ1) is 13.7. The maximum absolute atomic E-state index is 13.2. The largest absolute Gasteiger partial charge is 0.421 e. The summed E-state index contributed by atoms with van der Waals surface area (Å²) in [5.74, 6) is -1.64. The number of nitro benzene ring substituents is 1. The van der Waals surface area contributed by atoms with Gasteiger partial charge in [-0.05, 0) is 6.07 Å². The molecule has 0 saturated heterocycles. The van der Waals surface area contributed by atoms with Crippen molar-refractivity contribution < 1.29 is 22.5 Å². The van der Waals surface area contributed by atoms with Crippen molar-refractivity contribution in [1.82, 2.24) is 0 Å². The molecule has 0 aromatic heterocycles. The van der Waals surface area contributed by atoms with E-state index in [-0.39, 0.29) is 0 Å². The molecule has 0 fully saturated rings. The van der Waals surface area contributed by atoms with Gasteiger partial charge in [-0.3, -0.25) is 10.1 Å². The average Bonchev–Trinajstić information content (AvgIpc) is 2.23. The smallest absolute Gasteiger partial charge is 0.366 e. The normalized spacial score (nSPS) is 10.8. The number of rotatable bonds is 3. The number of nitrogens with zero attached hydrogens (tertiary/aromatic N) is 2. The fourth-order valence-corrected chi connectivity index (χ4v) is 1.30. The van der Waals surface area contributed by atoms with Gasteiger partial charge in [-0.2, -0.15) is 18.4 Å². The van der Waals surface area contributed by atoms with E-state index in [0.717, 1.165) is 0 Å². The topological polar surface area (TPSA) is 79.0 Å². The predicted molar refractivity (Wildman–Crippen MR) is 52.2 cm³/mol. The van der Waals surface area contributed by atoms with Gasteiger partial charge in [-0.25, -0.2) is 4.39 Å². The van der Waals surface area contributed by atoms with E-state index in [1.165, 1.54) is 6.07 Å². The highest BCUT2D eigenvalue weighted by molar-refractivity contribution is 5.68. The zero-order valence-electron chi connectivity index (χ0n) is 8.58. The Hall–Kier alpha value is -2.37. The van der Waals surface area contributed by atoms with Gasteiger partial charge in [-0.15, -0.1) is 0 Å². The summed E-state index contributed by atoms with van der Waals surface area (Å²) in [6, 6.07) is 2.42. The number of halogens is 4. The molecule has 0 aliphatic rings. The molecule has 0 saturated carbocycles. The van der Waals surface area contributed by atoms with Gasteiger partial charge in [0.05, 0.1) is 11.0 Å². The highest BCUT2D eigenvalue weighted by Gasteiger charge is 2.40. The van der Waals surface area contributed by atoms with Gasteiger partial charge >= 0.3 is 6.18 Å². The Morgan fingerprint density at radius 3 is 2.50 bits per heavy atom. The molecule has 1 aromatic rings. The molecule has 0 aliphatic heterocycles. The van der Waals surface area contributed by atoms with Crippen molar-refractivity contribution in [2.45, 2.75) is 6.18 Å². The van der Waals surface area contributed by atoms with Crippen LogP contribution in [0.1, 0.15) is 5.56 Å². The third-order valence-corrected chi connectivity index (χ3v) is 1.96. The van der Waals surface area contributed by atoms with Crippen LogP contribution in [0.4, 0.5) is 28.9 Å². The first-order valence-corrected chi connectivity index (χ1v) is 4.44. The summed E-state index contributed by atoms with van der Waals surface area (Å²) < 4.78 is 50.9. The average molecular weight is 263 g/mol. The van der Waals surface area contributed by atoms with Gasteiger partial charge in [0.1, 0.15) is 23.6 Å². The van der Waals surface area contributed by atoms with Crippen LogP contribution in [-0.4, -0.2) is 11.5 Å². The third kappa shape index (κ3) is 2.65. The number of nitro groups is 1. The summed E-state index contributed by atoms with van der Waals surface area (Å²) in [5, 5.41) is 20.7. The van der Waals surface area contributed by atoms with E-state index in [2.05, 4.69) is 0 Å². The maximum atomic E-state index is 13.2. The standard InChI is InChI=1S/C9H5F4N3O2/c10-5-1-2-6(16(17)18)8(15-4-3-14)7(5)9(11,12)13/h1-2,15H,4H2. The van der Waals surface area contributed by atoms with E-state index in [0.29, 0.717) is 12.1 Å². The van der Waals surface area contributed by atoms with Gasteiger partial charge in [-0.1, -0.05) is 0 Å². The summed E-state index contributed by atoms with van der Waals surface area (Å²) in [6.07, 6.45) is -5.10. The van der Waals surface area contributed by atoms with E-state index < -0.39 is 40.4 Å². The summed E-state index contributed by atoms with van der Waals surface area (Å²) in [6.45, 7) is -0.618. The Balaban J connectivity index is 3.51. The number of anilines is 1. The van der Waals surface area contributed by atoms with Crippen molar-refractivity contribution in [3.05, 3.63) is 33.6 Å². The Kier molecular flexibility index (Phi) is 3.70. The molecule has 0 heterocycles. The van der Waals surface area contributed by atoms with E-state index in [4.69, 9.17) is 5.26 Å². The minimum Gasteiger partial charge on any atom is -0.366 e. The summed E-state index contributed by atoms with van der Waals surface area (Å²) >= 11 is 0. The van der Waals surface area contributed by atoms with Gasteiger partial charge in [0, 0.05) is 6.07 Å². The lowest BCUT2D eigenvalue weighted by Gasteiger charge is -2.13. The van der Waals surface area contributed by atoms with Crippen LogP contribution in [0.25, 0.3) is 0 Å². The van der Waals surface area contributed by atoms with Gasteiger partial charge in [0.25, 0.3) is 5.69 Å². The van der Waals surface area contributed by atoms with Crippen LogP contribution in [0.2, 0.25) is 0 Å². The molecule has 1 aromatic carbocycles. The Labute approximate surface area is 97.8 Å². The van der Waals surface area contributed by atoms with E-state index in [9.17, 15) is 27.7 Å². The van der Waals surface area contributed by atoms with Crippen molar-refractivity contribution >= 4 is 11.4 Å². The van der Waals surface area contributed by atoms with Crippen molar-refractivity contribution in [1.29, 1.82) is 5.26 Å². The lowest BCUT2D eigenvalue weighted by atomic mass is 10.1. The van der Waals surface area contributed by atoms with Crippen LogP contribution >= 0.6 is 0 Å². The molecule has 18 heavy (non-hydrogen) atoms. The molecule has 0 radical (unpaired) electrons. The molecular weight excluding hydrogens is 258 g/mol. The summed E-state index contributed by atoms with van der Waals surface area (Å²) in [7, 11) is 0. The third-order valence-electron chi connectivity index (χ3n) is 1.96. The second-order valence-corrected chi connectivity index (χ2v) is 3.08. The molecular formula is C9H5F4N3O2. The zero-order chi connectivity index (χ0) is 13.9. The first-order valence-electron chi connectivity index (χ1n) is 4.44. The number of benzene rings is 1. The maximum Gasteiger partial charge on any atom is 0.421 e. The van der Waals surface area contributed by atoms with Crippen molar-refractivity contribution in [2.24, 2.45) is 0 Å². The molecule has 5 nitrogen and oxygen atoms in total. The minimum absolute atomic E-state index is 0.360. The zero-order valence-corrected chi connectivity index (χ0v) is 8.58. The Morgan fingerprint density at radius 2 is 2.06 bits per heavy atom.